The fourth-order valence-electron chi connectivity index (χ4n) is 2.13. The molecule has 0 aliphatic heterocycles. The van der Waals surface area contributed by atoms with Crippen LogP contribution in [0.5, 0.6) is 0 Å². The van der Waals surface area contributed by atoms with E-state index >= 15 is 0 Å². The minimum absolute atomic E-state index is 0.103. The first-order chi connectivity index (χ1) is 11.3. The largest absolute Gasteiger partial charge is 0.331 e. The Labute approximate surface area is 146 Å². The van der Waals surface area contributed by atoms with Crippen molar-refractivity contribution in [2.45, 2.75) is 24.9 Å². The van der Waals surface area contributed by atoms with Crippen LogP contribution in [0.3, 0.4) is 0 Å². The third-order valence-corrected chi connectivity index (χ3v) is 5.69. The molecule has 2 rings (SSSR count). The van der Waals surface area contributed by atoms with Gasteiger partial charge in [-0.25, -0.2) is 13.2 Å². The van der Waals surface area contributed by atoms with Crippen molar-refractivity contribution >= 4 is 25.8 Å². The first-order valence-electron chi connectivity index (χ1n) is 7.03. The van der Waals surface area contributed by atoms with Gasteiger partial charge in [-0.05, 0) is 31.2 Å². The summed E-state index contributed by atoms with van der Waals surface area (Å²) in [5.41, 5.74) is -1.61. The Hall–Kier alpha value is -2.18. The molecule has 0 unspecified atom stereocenters. The first-order valence-corrected chi connectivity index (χ1v) is 9.47. The van der Waals surface area contributed by atoms with E-state index in [9.17, 15) is 18.0 Å². The van der Waals surface area contributed by atoms with Crippen molar-refractivity contribution in [2.75, 3.05) is 5.75 Å². The highest BCUT2D eigenvalue weighted by molar-refractivity contribution is 9.10. The quantitative estimate of drug-likeness (QED) is 0.733. The van der Waals surface area contributed by atoms with Gasteiger partial charge in [0.1, 0.15) is 11.6 Å². The molecular formula is C15H14BrN3O4S. The smallest absolute Gasteiger partial charge is 0.299 e. The summed E-state index contributed by atoms with van der Waals surface area (Å²) in [6, 6.07) is 7.80. The van der Waals surface area contributed by atoms with Gasteiger partial charge in [0.05, 0.1) is 10.6 Å². The van der Waals surface area contributed by atoms with Gasteiger partial charge < -0.3 is 0 Å². The molecule has 1 aromatic heterocycles. The molecule has 0 fully saturated rings. The van der Waals surface area contributed by atoms with Gasteiger partial charge in [0.2, 0.25) is 0 Å². The Balaban J connectivity index is 2.39. The predicted octanol–water partition coefficient (Wildman–Crippen LogP) is 1.14. The topological polar surface area (TPSA) is 102 Å². The lowest BCUT2D eigenvalue weighted by Gasteiger charge is -2.10. The van der Waals surface area contributed by atoms with Crippen molar-refractivity contribution in [3.63, 3.8) is 0 Å². The second-order valence-electron chi connectivity index (χ2n) is 4.95. The number of hydrogen-bond acceptors (Lipinski definition) is 5. The second kappa shape index (κ2) is 7.15. The molecule has 2 aromatic rings. The third-order valence-electron chi connectivity index (χ3n) is 3.45. The minimum atomic E-state index is -3.66. The van der Waals surface area contributed by atoms with E-state index in [0.29, 0.717) is 0 Å². The van der Waals surface area contributed by atoms with E-state index in [1.165, 1.54) is 22.9 Å². The van der Waals surface area contributed by atoms with Crippen molar-refractivity contribution in [1.82, 2.24) is 9.13 Å². The lowest BCUT2D eigenvalue weighted by Crippen LogP contribution is -2.42. The molecular weight excluding hydrogens is 398 g/mol. The first kappa shape index (κ1) is 18.2. The van der Waals surface area contributed by atoms with Crippen LogP contribution in [0.1, 0.15) is 12.5 Å². The maximum absolute atomic E-state index is 12.3. The molecule has 0 spiro atoms. The number of nitriles is 1. The van der Waals surface area contributed by atoms with E-state index in [-0.39, 0.29) is 23.5 Å². The van der Waals surface area contributed by atoms with Crippen LogP contribution in [0.4, 0.5) is 0 Å². The maximum atomic E-state index is 12.3. The molecule has 126 valence electrons. The van der Waals surface area contributed by atoms with Crippen LogP contribution in [0.2, 0.25) is 0 Å². The molecule has 0 atom stereocenters. The fourth-order valence-corrected chi connectivity index (χ4v) is 3.60. The zero-order valence-corrected chi connectivity index (χ0v) is 15.2. The minimum Gasteiger partial charge on any atom is -0.299 e. The monoisotopic (exact) mass is 411 g/mol. The number of aryl methyl sites for hydroxylation is 1. The summed E-state index contributed by atoms with van der Waals surface area (Å²) in [7, 11) is -3.66. The zero-order valence-electron chi connectivity index (χ0n) is 12.8. The molecule has 0 radical (unpaired) electrons. The summed E-state index contributed by atoms with van der Waals surface area (Å²) < 4.78 is 27.4. The van der Waals surface area contributed by atoms with Crippen LogP contribution in [-0.4, -0.2) is 23.3 Å². The highest BCUT2D eigenvalue weighted by atomic mass is 79.9. The number of halogens is 1. The van der Waals surface area contributed by atoms with E-state index in [0.717, 1.165) is 9.04 Å². The SMILES string of the molecule is CCn1cc(C#N)c(=O)n(CCS(=O)(=O)c2ccc(Br)cc2)c1=O. The lowest BCUT2D eigenvalue weighted by atomic mass is 10.3. The summed E-state index contributed by atoms with van der Waals surface area (Å²) in [4.78, 5) is 24.4. The third kappa shape index (κ3) is 3.66. The number of sulfone groups is 1. The van der Waals surface area contributed by atoms with Crippen LogP contribution < -0.4 is 11.2 Å². The Morgan fingerprint density at radius 3 is 2.38 bits per heavy atom. The van der Waals surface area contributed by atoms with Gasteiger partial charge in [0, 0.05) is 23.8 Å². The molecule has 0 N–H and O–H groups in total. The number of aromatic nitrogens is 2. The Kier molecular flexibility index (Phi) is 5.41. The maximum Gasteiger partial charge on any atom is 0.331 e. The number of hydrogen-bond donors (Lipinski definition) is 0. The van der Waals surface area contributed by atoms with Gasteiger partial charge >= 0.3 is 5.69 Å². The molecule has 7 nitrogen and oxygen atoms in total. The van der Waals surface area contributed by atoms with Crippen molar-refractivity contribution in [3.8, 4) is 6.07 Å². The lowest BCUT2D eigenvalue weighted by molar-refractivity contribution is 0.564. The van der Waals surface area contributed by atoms with E-state index in [2.05, 4.69) is 15.9 Å². The normalized spacial score (nSPS) is 11.2. The molecule has 9 heteroatoms. The second-order valence-corrected chi connectivity index (χ2v) is 7.98. The fraction of sp³-hybridized carbons (Fsp3) is 0.267. The average molecular weight is 412 g/mol. The molecule has 0 bridgehead atoms. The summed E-state index contributed by atoms with van der Waals surface area (Å²) in [6.07, 6.45) is 1.18. The molecule has 1 aromatic carbocycles. The van der Waals surface area contributed by atoms with Crippen LogP contribution in [0, 0.1) is 11.3 Å². The van der Waals surface area contributed by atoms with Crippen molar-refractivity contribution in [1.29, 1.82) is 5.26 Å². The summed E-state index contributed by atoms with van der Waals surface area (Å²) >= 11 is 3.22. The molecule has 24 heavy (non-hydrogen) atoms. The van der Waals surface area contributed by atoms with Gasteiger partial charge in [-0.15, -0.1) is 0 Å². The van der Waals surface area contributed by atoms with Gasteiger partial charge in [0.25, 0.3) is 5.56 Å². The zero-order chi connectivity index (χ0) is 17.9. The van der Waals surface area contributed by atoms with E-state index in [1.54, 1.807) is 25.1 Å². The van der Waals surface area contributed by atoms with Crippen molar-refractivity contribution < 1.29 is 8.42 Å². The van der Waals surface area contributed by atoms with Crippen molar-refractivity contribution in [3.05, 3.63) is 61.3 Å². The predicted molar refractivity (Wildman–Crippen MR) is 91.5 cm³/mol. The summed E-state index contributed by atoms with van der Waals surface area (Å²) in [6.45, 7) is 1.65. The van der Waals surface area contributed by atoms with Gasteiger partial charge in [0.15, 0.2) is 9.84 Å². The van der Waals surface area contributed by atoms with E-state index in [1.807, 2.05) is 0 Å². The Bertz CT molecular complexity index is 1010. The van der Waals surface area contributed by atoms with Gasteiger partial charge in [-0.2, -0.15) is 5.26 Å². The number of rotatable bonds is 5. The van der Waals surface area contributed by atoms with Crippen LogP contribution in [-0.2, 0) is 22.9 Å². The standard InChI is InChI=1S/C15H14BrN3O4S/c1-2-18-10-11(9-17)14(20)19(15(18)21)7-8-24(22,23)13-5-3-12(16)4-6-13/h3-6,10H,2,7-8H2,1H3. The van der Waals surface area contributed by atoms with E-state index < -0.39 is 26.8 Å². The highest BCUT2D eigenvalue weighted by Crippen LogP contribution is 2.15. The summed E-state index contributed by atoms with van der Waals surface area (Å²) in [5.74, 6) is -0.414. The van der Waals surface area contributed by atoms with E-state index in [4.69, 9.17) is 5.26 Å². The number of benzene rings is 1. The van der Waals surface area contributed by atoms with Crippen LogP contribution >= 0.6 is 15.9 Å². The molecule has 0 aliphatic carbocycles. The summed E-state index contributed by atoms with van der Waals surface area (Å²) in [5, 5.41) is 8.98. The Morgan fingerprint density at radius 2 is 1.83 bits per heavy atom. The molecule has 0 amide bonds. The molecule has 1 heterocycles. The average Bonchev–Trinajstić information content (AvgIpc) is 2.55. The molecule has 0 saturated heterocycles. The highest BCUT2D eigenvalue weighted by Gasteiger charge is 2.17. The van der Waals surface area contributed by atoms with Gasteiger partial charge in [-0.1, -0.05) is 15.9 Å². The number of nitrogens with zero attached hydrogens (tertiary/aromatic N) is 3. The molecule has 0 aliphatic rings. The van der Waals surface area contributed by atoms with Crippen LogP contribution in [0.15, 0.2) is 49.4 Å². The Morgan fingerprint density at radius 1 is 1.21 bits per heavy atom. The van der Waals surface area contributed by atoms with Gasteiger partial charge in [-0.3, -0.25) is 13.9 Å². The van der Waals surface area contributed by atoms with Crippen molar-refractivity contribution in [2.24, 2.45) is 0 Å². The van der Waals surface area contributed by atoms with Crippen LogP contribution in [0.25, 0.3) is 0 Å². The molecule has 0 saturated carbocycles.